The molecule has 0 radical (unpaired) electrons. The Bertz CT molecular complexity index is 2330. The molecule has 0 saturated carbocycles. The number of rotatable bonds is 2. The predicted molar refractivity (Wildman–Crippen MR) is 173 cm³/mol. The van der Waals surface area contributed by atoms with Crippen LogP contribution in [-0.4, -0.2) is 9.13 Å². The van der Waals surface area contributed by atoms with E-state index >= 15 is 0 Å². The molecule has 0 saturated heterocycles. The molecule has 8 aromatic rings. The smallest absolute Gasteiger partial charge is 0.0561 e. The Kier molecular flexibility index (Phi) is 4.42. The molecule has 9 rings (SSSR count). The summed E-state index contributed by atoms with van der Waals surface area (Å²) in [6, 6.07) is 48.9. The maximum Gasteiger partial charge on any atom is 0.0561 e. The number of aromatic nitrogens is 2. The van der Waals surface area contributed by atoms with Crippen molar-refractivity contribution in [2.45, 2.75) is 19.3 Å². The van der Waals surface area contributed by atoms with Crippen LogP contribution in [0.3, 0.4) is 0 Å². The van der Waals surface area contributed by atoms with Crippen molar-refractivity contribution >= 4 is 43.6 Å². The third kappa shape index (κ3) is 2.92. The van der Waals surface area contributed by atoms with Gasteiger partial charge in [0.2, 0.25) is 0 Å². The maximum atomic E-state index is 2.47. The topological polar surface area (TPSA) is 9.86 Å². The summed E-state index contributed by atoms with van der Waals surface area (Å²) in [7, 11) is 0. The van der Waals surface area contributed by atoms with Crippen LogP contribution in [0, 0.1) is 0 Å². The van der Waals surface area contributed by atoms with Gasteiger partial charge in [0, 0.05) is 38.3 Å². The molecule has 0 aliphatic heterocycles. The first kappa shape index (κ1) is 22.7. The van der Waals surface area contributed by atoms with Crippen molar-refractivity contribution in [3.63, 3.8) is 0 Å². The van der Waals surface area contributed by atoms with E-state index in [2.05, 4.69) is 156 Å². The van der Waals surface area contributed by atoms with E-state index in [-0.39, 0.29) is 5.41 Å². The summed E-state index contributed by atoms with van der Waals surface area (Å²) < 4.78 is 4.87. The standard InChI is InChI=1S/C39H28N2/c1-39(2)32-17-9-6-14-27(32)30-22-23-35-37(38(30)39)31-16-8-11-19-34(31)41(35)26-20-21-29-28-15-7-10-18-33(28)40(36(29)24-26)25-12-4-3-5-13-25/h3-24H,1-2H3. The number of fused-ring (bicyclic) bond motifs is 10. The fraction of sp³-hybridized carbons (Fsp3) is 0.0769. The largest absolute Gasteiger partial charge is 0.309 e. The van der Waals surface area contributed by atoms with E-state index in [9.17, 15) is 0 Å². The van der Waals surface area contributed by atoms with Crippen molar-refractivity contribution in [1.29, 1.82) is 0 Å². The molecule has 0 atom stereocenters. The Hall–Kier alpha value is -5.08. The van der Waals surface area contributed by atoms with E-state index in [1.807, 2.05) is 0 Å². The molecule has 0 fully saturated rings. The summed E-state index contributed by atoms with van der Waals surface area (Å²) >= 11 is 0. The van der Waals surface area contributed by atoms with E-state index in [1.165, 1.54) is 77.2 Å². The van der Waals surface area contributed by atoms with Gasteiger partial charge in [-0.25, -0.2) is 0 Å². The lowest BCUT2D eigenvalue weighted by molar-refractivity contribution is 0.666. The third-order valence-corrected chi connectivity index (χ3v) is 9.28. The fourth-order valence-corrected chi connectivity index (χ4v) is 7.56. The number of hydrogen-bond donors (Lipinski definition) is 0. The van der Waals surface area contributed by atoms with Gasteiger partial charge in [-0.15, -0.1) is 0 Å². The van der Waals surface area contributed by atoms with Gasteiger partial charge >= 0.3 is 0 Å². The van der Waals surface area contributed by atoms with Crippen LogP contribution in [-0.2, 0) is 5.41 Å². The molecule has 2 aromatic heterocycles. The van der Waals surface area contributed by atoms with Gasteiger partial charge in [0.25, 0.3) is 0 Å². The zero-order valence-corrected chi connectivity index (χ0v) is 23.1. The molecule has 0 N–H and O–H groups in total. The summed E-state index contributed by atoms with van der Waals surface area (Å²) in [5.41, 5.74) is 12.8. The molecule has 0 amide bonds. The fourth-order valence-electron chi connectivity index (χ4n) is 7.56. The number of benzene rings is 6. The molecule has 6 aromatic carbocycles. The molecule has 194 valence electrons. The summed E-state index contributed by atoms with van der Waals surface area (Å²) in [5, 5.41) is 5.22. The van der Waals surface area contributed by atoms with Crippen molar-refractivity contribution in [3.8, 4) is 22.5 Å². The number of nitrogens with zero attached hydrogens (tertiary/aromatic N) is 2. The maximum absolute atomic E-state index is 2.47. The average Bonchev–Trinajstić information content (AvgIpc) is 3.61. The zero-order chi connectivity index (χ0) is 27.3. The first-order valence-electron chi connectivity index (χ1n) is 14.4. The Morgan fingerprint density at radius 2 is 1.07 bits per heavy atom. The van der Waals surface area contributed by atoms with Crippen LogP contribution in [0.2, 0.25) is 0 Å². The van der Waals surface area contributed by atoms with Crippen LogP contribution >= 0.6 is 0 Å². The van der Waals surface area contributed by atoms with E-state index in [1.54, 1.807) is 0 Å². The molecule has 41 heavy (non-hydrogen) atoms. The molecular weight excluding hydrogens is 496 g/mol. The van der Waals surface area contributed by atoms with Gasteiger partial charge in [0.15, 0.2) is 0 Å². The average molecular weight is 525 g/mol. The lowest BCUT2D eigenvalue weighted by Crippen LogP contribution is -2.15. The number of hydrogen-bond acceptors (Lipinski definition) is 0. The van der Waals surface area contributed by atoms with E-state index in [0.717, 1.165) is 0 Å². The van der Waals surface area contributed by atoms with Crippen LogP contribution in [0.25, 0.3) is 66.1 Å². The van der Waals surface area contributed by atoms with Gasteiger partial charge < -0.3 is 9.13 Å². The second-order valence-electron chi connectivity index (χ2n) is 11.8. The van der Waals surface area contributed by atoms with E-state index in [0.29, 0.717) is 0 Å². The molecule has 1 aliphatic rings. The van der Waals surface area contributed by atoms with Crippen molar-refractivity contribution in [2.75, 3.05) is 0 Å². The molecule has 2 nitrogen and oxygen atoms in total. The summed E-state index contributed by atoms with van der Waals surface area (Å²) in [6.45, 7) is 4.77. The van der Waals surface area contributed by atoms with Crippen LogP contribution in [0.1, 0.15) is 25.0 Å². The third-order valence-electron chi connectivity index (χ3n) is 9.28. The lowest BCUT2D eigenvalue weighted by atomic mass is 9.80. The molecule has 0 bridgehead atoms. The summed E-state index contributed by atoms with van der Waals surface area (Å²) in [5.74, 6) is 0. The molecule has 2 heterocycles. The minimum Gasteiger partial charge on any atom is -0.309 e. The first-order valence-corrected chi connectivity index (χ1v) is 14.4. The van der Waals surface area contributed by atoms with Crippen molar-refractivity contribution in [1.82, 2.24) is 9.13 Å². The van der Waals surface area contributed by atoms with Crippen molar-refractivity contribution in [2.24, 2.45) is 0 Å². The normalized spacial score (nSPS) is 13.8. The van der Waals surface area contributed by atoms with E-state index in [4.69, 9.17) is 0 Å². The Morgan fingerprint density at radius 3 is 1.90 bits per heavy atom. The molecule has 0 unspecified atom stereocenters. The molecular formula is C39H28N2. The predicted octanol–water partition coefficient (Wildman–Crippen LogP) is 10.2. The first-order chi connectivity index (χ1) is 20.1. The second kappa shape index (κ2) is 7.99. The van der Waals surface area contributed by atoms with E-state index < -0.39 is 0 Å². The summed E-state index contributed by atoms with van der Waals surface area (Å²) in [4.78, 5) is 0. The molecule has 1 aliphatic carbocycles. The second-order valence-corrected chi connectivity index (χ2v) is 11.8. The Morgan fingerprint density at radius 1 is 0.439 bits per heavy atom. The van der Waals surface area contributed by atoms with Crippen LogP contribution in [0.5, 0.6) is 0 Å². The highest BCUT2D eigenvalue weighted by molar-refractivity contribution is 6.15. The van der Waals surface area contributed by atoms with Crippen LogP contribution in [0.15, 0.2) is 133 Å². The highest BCUT2D eigenvalue weighted by atomic mass is 15.0. The van der Waals surface area contributed by atoms with Crippen molar-refractivity contribution < 1.29 is 0 Å². The van der Waals surface area contributed by atoms with Crippen LogP contribution < -0.4 is 0 Å². The summed E-state index contributed by atoms with van der Waals surface area (Å²) in [6.07, 6.45) is 0. The van der Waals surface area contributed by atoms with Gasteiger partial charge in [-0.2, -0.15) is 0 Å². The van der Waals surface area contributed by atoms with Gasteiger partial charge in [-0.3, -0.25) is 0 Å². The number of para-hydroxylation sites is 3. The molecule has 2 heteroatoms. The minimum absolute atomic E-state index is 0.0793. The van der Waals surface area contributed by atoms with Gasteiger partial charge in [0.1, 0.15) is 0 Å². The monoisotopic (exact) mass is 524 g/mol. The molecule has 0 spiro atoms. The van der Waals surface area contributed by atoms with Crippen LogP contribution in [0.4, 0.5) is 0 Å². The van der Waals surface area contributed by atoms with Crippen molar-refractivity contribution in [3.05, 3.63) is 145 Å². The highest BCUT2D eigenvalue weighted by Gasteiger charge is 2.38. The Labute approximate surface area is 238 Å². The highest BCUT2D eigenvalue weighted by Crippen LogP contribution is 2.53. The Balaban J connectivity index is 1.39. The lowest BCUT2D eigenvalue weighted by Gasteiger charge is -2.22. The SMILES string of the molecule is CC1(C)c2ccccc2-c2ccc3c(c21)c1ccccc1n3-c1ccc2c3ccccc3n(-c3ccccc3)c2c1. The zero-order valence-electron chi connectivity index (χ0n) is 23.1. The van der Waals surface area contributed by atoms with Gasteiger partial charge in [-0.05, 0) is 64.7 Å². The van der Waals surface area contributed by atoms with Gasteiger partial charge in [-0.1, -0.05) is 105 Å². The minimum atomic E-state index is -0.0793. The quantitative estimate of drug-likeness (QED) is 0.213. The van der Waals surface area contributed by atoms with Gasteiger partial charge in [0.05, 0.1) is 22.1 Å².